The van der Waals surface area contributed by atoms with Gasteiger partial charge in [0, 0.05) is 6.04 Å². The number of carbonyl (C=O) groups excluding carboxylic acids is 1. The van der Waals surface area contributed by atoms with Crippen LogP contribution in [0.3, 0.4) is 0 Å². The van der Waals surface area contributed by atoms with Gasteiger partial charge in [-0.25, -0.2) is 4.39 Å². The zero-order valence-electron chi connectivity index (χ0n) is 13.3. The number of nitrogens with one attached hydrogen (secondary N) is 1. The molecule has 3 atom stereocenters. The minimum Gasteiger partial charge on any atom is -0.349 e. The third-order valence-corrected chi connectivity index (χ3v) is 6.47. The Labute approximate surface area is 126 Å². The Morgan fingerprint density at radius 3 is 2.57 bits per heavy atom. The van der Waals surface area contributed by atoms with Gasteiger partial charge in [0.2, 0.25) is 0 Å². The van der Waals surface area contributed by atoms with E-state index in [1.54, 1.807) is 12.1 Å². The molecule has 3 rings (SSSR count). The summed E-state index contributed by atoms with van der Waals surface area (Å²) in [7, 11) is 0. The number of hydrogen-bond donors (Lipinski definition) is 1. The van der Waals surface area contributed by atoms with Crippen LogP contribution in [0.15, 0.2) is 18.2 Å². The van der Waals surface area contributed by atoms with Gasteiger partial charge in [0.25, 0.3) is 5.91 Å². The van der Waals surface area contributed by atoms with Crippen LogP contribution in [0.4, 0.5) is 4.39 Å². The van der Waals surface area contributed by atoms with Crippen molar-refractivity contribution in [3.63, 3.8) is 0 Å². The Balaban J connectivity index is 1.80. The van der Waals surface area contributed by atoms with E-state index in [1.807, 2.05) is 6.92 Å². The zero-order valence-corrected chi connectivity index (χ0v) is 13.3. The molecule has 0 spiro atoms. The second-order valence-electron chi connectivity index (χ2n) is 7.62. The number of amides is 1. The Hall–Kier alpha value is -1.38. The minimum atomic E-state index is -0.430. The monoisotopic (exact) mass is 289 g/mol. The van der Waals surface area contributed by atoms with Crippen LogP contribution in [0.1, 0.15) is 56.0 Å². The molecule has 2 aliphatic carbocycles. The molecule has 114 valence electrons. The maximum Gasteiger partial charge on any atom is 0.254 e. The molecule has 3 heteroatoms. The maximum atomic E-state index is 13.9. The van der Waals surface area contributed by atoms with Crippen molar-refractivity contribution >= 4 is 5.91 Å². The molecule has 2 bridgehead atoms. The highest BCUT2D eigenvalue weighted by Crippen LogP contribution is 2.65. The lowest BCUT2D eigenvalue weighted by atomic mass is 9.69. The number of rotatable bonds is 2. The van der Waals surface area contributed by atoms with Crippen LogP contribution in [-0.2, 0) is 0 Å². The van der Waals surface area contributed by atoms with Crippen LogP contribution in [-0.4, -0.2) is 11.9 Å². The predicted octanol–water partition coefficient (Wildman–Crippen LogP) is 4.08. The zero-order chi connectivity index (χ0) is 15.4. The molecule has 0 aromatic heterocycles. The fourth-order valence-electron chi connectivity index (χ4n) is 4.46. The van der Waals surface area contributed by atoms with E-state index in [-0.39, 0.29) is 28.3 Å². The van der Waals surface area contributed by atoms with Crippen molar-refractivity contribution in [1.29, 1.82) is 0 Å². The van der Waals surface area contributed by atoms with Crippen molar-refractivity contribution in [1.82, 2.24) is 5.32 Å². The van der Waals surface area contributed by atoms with Crippen LogP contribution in [0.25, 0.3) is 0 Å². The summed E-state index contributed by atoms with van der Waals surface area (Å²) in [6.07, 6.45) is 3.41. The van der Waals surface area contributed by atoms with Crippen LogP contribution < -0.4 is 5.32 Å². The SMILES string of the molecule is Cc1ccc(C(=O)NC2CC3CCC2(C)C3(C)C)c(F)c1. The number of hydrogen-bond acceptors (Lipinski definition) is 1. The molecule has 1 aromatic rings. The minimum absolute atomic E-state index is 0.120. The molecule has 2 aliphatic rings. The van der Waals surface area contributed by atoms with Gasteiger partial charge in [0.05, 0.1) is 5.56 Å². The quantitative estimate of drug-likeness (QED) is 0.873. The second kappa shape index (κ2) is 4.56. The van der Waals surface area contributed by atoms with E-state index in [2.05, 4.69) is 26.1 Å². The molecule has 1 amide bonds. The molecular weight excluding hydrogens is 265 g/mol. The molecular formula is C18H24FNO. The fourth-order valence-corrected chi connectivity index (χ4v) is 4.46. The Morgan fingerprint density at radius 1 is 1.33 bits per heavy atom. The van der Waals surface area contributed by atoms with Gasteiger partial charge >= 0.3 is 0 Å². The van der Waals surface area contributed by atoms with E-state index in [4.69, 9.17) is 0 Å². The van der Waals surface area contributed by atoms with Crippen LogP contribution in [0.2, 0.25) is 0 Å². The Morgan fingerprint density at radius 2 is 2.05 bits per heavy atom. The van der Waals surface area contributed by atoms with Gasteiger partial charge in [0.15, 0.2) is 0 Å². The highest BCUT2D eigenvalue weighted by molar-refractivity contribution is 5.94. The van der Waals surface area contributed by atoms with Gasteiger partial charge < -0.3 is 5.32 Å². The third kappa shape index (κ3) is 2.01. The Bertz CT molecular complexity index is 595. The standard InChI is InChI=1S/C18H24FNO/c1-11-5-6-13(14(19)9-11)16(21)20-15-10-12-7-8-18(15,4)17(12,2)3/h5-6,9,12,15H,7-8,10H2,1-4H3,(H,20,21). The highest BCUT2D eigenvalue weighted by Gasteiger charge is 2.61. The Kier molecular flexibility index (Phi) is 3.16. The van der Waals surface area contributed by atoms with Gasteiger partial charge in [-0.2, -0.15) is 0 Å². The largest absolute Gasteiger partial charge is 0.349 e. The van der Waals surface area contributed by atoms with Crippen molar-refractivity contribution in [2.75, 3.05) is 0 Å². The third-order valence-electron chi connectivity index (χ3n) is 6.47. The first kappa shape index (κ1) is 14.6. The number of benzene rings is 1. The van der Waals surface area contributed by atoms with Crippen molar-refractivity contribution in [3.8, 4) is 0 Å². The summed E-state index contributed by atoms with van der Waals surface area (Å²) in [5.74, 6) is -0.0437. The number of carbonyl (C=O) groups is 1. The molecule has 21 heavy (non-hydrogen) atoms. The van der Waals surface area contributed by atoms with Gasteiger partial charge in [-0.05, 0) is 60.6 Å². The van der Waals surface area contributed by atoms with Gasteiger partial charge in [-0.3, -0.25) is 4.79 Å². The lowest BCUT2D eigenvalue weighted by Crippen LogP contribution is -2.47. The van der Waals surface area contributed by atoms with Gasteiger partial charge in [-0.1, -0.05) is 26.8 Å². The molecule has 1 aromatic carbocycles. The van der Waals surface area contributed by atoms with E-state index in [0.29, 0.717) is 5.92 Å². The van der Waals surface area contributed by atoms with E-state index in [9.17, 15) is 9.18 Å². The van der Waals surface area contributed by atoms with Crippen molar-refractivity contribution in [3.05, 3.63) is 35.1 Å². The molecule has 2 saturated carbocycles. The number of aryl methyl sites for hydroxylation is 1. The summed E-state index contributed by atoms with van der Waals surface area (Å²) in [5.41, 5.74) is 1.35. The first-order valence-corrected chi connectivity index (χ1v) is 7.83. The molecule has 0 heterocycles. The first-order valence-electron chi connectivity index (χ1n) is 7.83. The first-order chi connectivity index (χ1) is 9.75. The smallest absolute Gasteiger partial charge is 0.254 e. The summed E-state index contributed by atoms with van der Waals surface area (Å²) < 4.78 is 13.9. The van der Waals surface area contributed by atoms with Gasteiger partial charge in [0.1, 0.15) is 5.82 Å². The molecule has 0 aliphatic heterocycles. The summed E-state index contributed by atoms with van der Waals surface area (Å²) in [5, 5.41) is 3.10. The second-order valence-corrected chi connectivity index (χ2v) is 7.62. The van der Waals surface area contributed by atoms with Crippen molar-refractivity contribution < 1.29 is 9.18 Å². The molecule has 0 radical (unpaired) electrons. The highest BCUT2D eigenvalue weighted by atomic mass is 19.1. The molecule has 3 unspecified atom stereocenters. The topological polar surface area (TPSA) is 29.1 Å². The average Bonchev–Trinajstić information content (AvgIpc) is 2.71. The maximum absolute atomic E-state index is 13.9. The normalized spacial score (nSPS) is 33.2. The van der Waals surface area contributed by atoms with E-state index in [0.717, 1.165) is 18.4 Å². The molecule has 1 N–H and O–H groups in total. The van der Waals surface area contributed by atoms with Crippen molar-refractivity contribution in [2.24, 2.45) is 16.7 Å². The van der Waals surface area contributed by atoms with E-state index >= 15 is 0 Å². The molecule has 2 fully saturated rings. The van der Waals surface area contributed by atoms with Crippen molar-refractivity contribution in [2.45, 2.75) is 53.0 Å². The van der Waals surface area contributed by atoms with Crippen LogP contribution >= 0.6 is 0 Å². The molecule has 0 saturated heterocycles. The number of halogens is 1. The summed E-state index contributed by atoms with van der Waals surface area (Å²) in [6, 6.07) is 4.94. The van der Waals surface area contributed by atoms with Gasteiger partial charge in [-0.15, -0.1) is 0 Å². The fraction of sp³-hybridized carbons (Fsp3) is 0.611. The lowest BCUT2D eigenvalue weighted by molar-refractivity contribution is 0.0822. The number of fused-ring (bicyclic) bond motifs is 2. The summed E-state index contributed by atoms with van der Waals surface area (Å²) in [4.78, 5) is 12.4. The average molecular weight is 289 g/mol. The predicted molar refractivity (Wildman–Crippen MR) is 81.6 cm³/mol. The summed E-state index contributed by atoms with van der Waals surface area (Å²) >= 11 is 0. The molecule has 2 nitrogen and oxygen atoms in total. The lowest BCUT2D eigenvalue weighted by Gasteiger charge is -2.39. The van der Waals surface area contributed by atoms with E-state index < -0.39 is 5.82 Å². The van der Waals surface area contributed by atoms with Crippen LogP contribution in [0.5, 0.6) is 0 Å². The summed E-state index contributed by atoms with van der Waals surface area (Å²) in [6.45, 7) is 8.72. The van der Waals surface area contributed by atoms with E-state index in [1.165, 1.54) is 12.5 Å². The van der Waals surface area contributed by atoms with Crippen LogP contribution in [0, 0.1) is 29.5 Å².